The predicted octanol–water partition coefficient (Wildman–Crippen LogP) is 1.80. The Morgan fingerprint density at radius 1 is 0.800 bits per heavy atom. The SMILES string of the molecule is CCB1OC(=O)c2cc3c(cc2O1)C(=O)OB(CC)O3. The summed E-state index contributed by atoms with van der Waals surface area (Å²) in [5.74, 6) is -0.308. The lowest BCUT2D eigenvalue weighted by Gasteiger charge is -2.27. The number of fused-ring (bicyclic) bond motifs is 2. The number of rotatable bonds is 2. The molecule has 3 rings (SSSR count). The minimum atomic E-state index is -0.628. The summed E-state index contributed by atoms with van der Waals surface area (Å²) in [5.41, 5.74) is 0.524. The van der Waals surface area contributed by atoms with Gasteiger partial charge in [0.25, 0.3) is 0 Å². The van der Waals surface area contributed by atoms with Crippen LogP contribution in [0.5, 0.6) is 11.5 Å². The van der Waals surface area contributed by atoms with Crippen LogP contribution in [-0.4, -0.2) is 26.2 Å². The van der Waals surface area contributed by atoms with E-state index in [0.29, 0.717) is 24.1 Å². The Labute approximate surface area is 116 Å². The van der Waals surface area contributed by atoms with Crippen molar-refractivity contribution in [3.05, 3.63) is 23.3 Å². The quantitative estimate of drug-likeness (QED) is 0.765. The van der Waals surface area contributed by atoms with Crippen molar-refractivity contribution in [2.24, 2.45) is 0 Å². The van der Waals surface area contributed by atoms with Gasteiger partial charge in [0.1, 0.15) is 22.6 Å². The molecule has 0 amide bonds. The zero-order valence-electron chi connectivity index (χ0n) is 11.2. The van der Waals surface area contributed by atoms with E-state index in [2.05, 4.69) is 0 Å². The monoisotopic (exact) mass is 274 g/mol. The molecule has 0 atom stereocenters. The van der Waals surface area contributed by atoms with E-state index in [4.69, 9.17) is 18.6 Å². The van der Waals surface area contributed by atoms with E-state index in [1.807, 2.05) is 13.8 Å². The van der Waals surface area contributed by atoms with E-state index in [0.717, 1.165) is 0 Å². The molecule has 0 saturated heterocycles. The molecule has 0 bridgehead atoms. The summed E-state index contributed by atoms with van der Waals surface area (Å²) in [5, 5.41) is 0. The van der Waals surface area contributed by atoms with E-state index in [1.54, 1.807) is 0 Å². The number of hydrogen-bond donors (Lipinski definition) is 0. The van der Waals surface area contributed by atoms with Crippen LogP contribution >= 0.6 is 0 Å². The maximum absolute atomic E-state index is 11.9. The summed E-state index contributed by atoms with van der Waals surface area (Å²) >= 11 is 0. The fraction of sp³-hybridized carbons (Fsp3) is 0.333. The highest BCUT2D eigenvalue weighted by Crippen LogP contribution is 2.35. The highest BCUT2D eigenvalue weighted by molar-refractivity contribution is 6.50. The van der Waals surface area contributed by atoms with Crippen LogP contribution in [0.3, 0.4) is 0 Å². The van der Waals surface area contributed by atoms with Gasteiger partial charge < -0.3 is 18.6 Å². The molecule has 1 aromatic carbocycles. The molecule has 1 aromatic rings. The van der Waals surface area contributed by atoms with Crippen LogP contribution in [0, 0.1) is 0 Å². The summed E-state index contributed by atoms with van der Waals surface area (Å²) in [6, 6.07) is 2.95. The van der Waals surface area contributed by atoms with Crippen molar-refractivity contribution in [1.82, 2.24) is 0 Å². The predicted molar refractivity (Wildman–Crippen MR) is 71.0 cm³/mol. The third-order valence-electron chi connectivity index (χ3n) is 3.18. The van der Waals surface area contributed by atoms with Gasteiger partial charge in [-0.3, -0.25) is 0 Å². The minimum absolute atomic E-state index is 0.262. The van der Waals surface area contributed by atoms with Crippen LogP contribution < -0.4 is 9.31 Å². The molecule has 102 valence electrons. The first kappa shape index (κ1) is 12.9. The van der Waals surface area contributed by atoms with E-state index in [-0.39, 0.29) is 11.1 Å². The summed E-state index contributed by atoms with van der Waals surface area (Å²) in [7, 11) is -1.26. The van der Waals surface area contributed by atoms with Crippen LogP contribution in [0.2, 0.25) is 12.6 Å². The Kier molecular flexibility index (Phi) is 3.08. The van der Waals surface area contributed by atoms with Crippen LogP contribution in [0.4, 0.5) is 0 Å². The third kappa shape index (κ3) is 2.01. The van der Waals surface area contributed by atoms with Gasteiger partial charge in [0, 0.05) is 12.6 Å². The molecule has 2 aliphatic rings. The minimum Gasteiger partial charge on any atom is -0.525 e. The van der Waals surface area contributed by atoms with Crippen LogP contribution in [0.15, 0.2) is 12.1 Å². The summed E-state index contributed by atoms with van der Waals surface area (Å²) in [4.78, 5) is 23.8. The van der Waals surface area contributed by atoms with Crippen LogP contribution in [0.25, 0.3) is 0 Å². The molecule has 8 heteroatoms. The largest absolute Gasteiger partial charge is 0.596 e. The van der Waals surface area contributed by atoms with Gasteiger partial charge in [0.05, 0.1) is 0 Å². The average Bonchev–Trinajstić information content (AvgIpc) is 2.45. The highest BCUT2D eigenvalue weighted by Gasteiger charge is 2.37. The fourth-order valence-electron chi connectivity index (χ4n) is 2.10. The summed E-state index contributed by atoms with van der Waals surface area (Å²) < 4.78 is 21.2. The normalized spacial score (nSPS) is 16.5. The van der Waals surface area contributed by atoms with E-state index in [9.17, 15) is 9.59 Å². The van der Waals surface area contributed by atoms with Crippen molar-refractivity contribution in [2.45, 2.75) is 26.5 Å². The van der Waals surface area contributed by atoms with Gasteiger partial charge >= 0.3 is 26.2 Å². The lowest BCUT2D eigenvalue weighted by molar-refractivity contribution is 0.0653. The van der Waals surface area contributed by atoms with Gasteiger partial charge in [-0.05, 0) is 12.1 Å². The van der Waals surface area contributed by atoms with Crippen molar-refractivity contribution in [1.29, 1.82) is 0 Å². The molecular formula is C12H12B2O6. The maximum Gasteiger partial charge on any atom is 0.596 e. The molecule has 2 aliphatic heterocycles. The Morgan fingerprint density at radius 2 is 1.20 bits per heavy atom. The molecule has 6 nitrogen and oxygen atoms in total. The lowest BCUT2D eigenvalue weighted by atomic mass is 9.83. The second-order valence-electron chi connectivity index (χ2n) is 4.57. The molecule has 0 aliphatic carbocycles. The van der Waals surface area contributed by atoms with Gasteiger partial charge in [-0.25, -0.2) is 9.59 Å². The Hall–Kier alpha value is -2.11. The van der Waals surface area contributed by atoms with E-state index < -0.39 is 26.2 Å². The molecule has 0 N–H and O–H groups in total. The smallest absolute Gasteiger partial charge is 0.525 e. The van der Waals surface area contributed by atoms with E-state index >= 15 is 0 Å². The number of carbonyl (C=O) groups is 2. The first-order chi connectivity index (χ1) is 9.62. The average molecular weight is 274 g/mol. The number of hydrogen-bond acceptors (Lipinski definition) is 6. The van der Waals surface area contributed by atoms with Crippen molar-refractivity contribution < 1.29 is 28.2 Å². The van der Waals surface area contributed by atoms with Crippen LogP contribution in [-0.2, 0) is 9.31 Å². The fourth-order valence-corrected chi connectivity index (χ4v) is 2.10. The Morgan fingerprint density at radius 3 is 1.55 bits per heavy atom. The molecule has 0 unspecified atom stereocenters. The third-order valence-corrected chi connectivity index (χ3v) is 3.18. The second kappa shape index (κ2) is 4.77. The molecule has 0 fully saturated rings. The molecule has 0 aromatic heterocycles. The highest BCUT2D eigenvalue weighted by atomic mass is 16.6. The zero-order valence-corrected chi connectivity index (χ0v) is 11.2. The first-order valence-electron chi connectivity index (χ1n) is 6.55. The molecule has 2 heterocycles. The maximum atomic E-state index is 11.9. The number of benzene rings is 1. The standard InChI is InChI=1S/C12H12B2O6/c1-3-13-17-9-5-8-10(6-7(9)11(15)19-13)18-14(4-2)20-12(8)16/h5-6H,3-4H2,1-2H3. The Bertz CT molecular complexity index is 536. The summed E-state index contributed by atoms with van der Waals surface area (Å²) in [6.07, 6.45) is 1.06. The van der Waals surface area contributed by atoms with Crippen molar-refractivity contribution in [3.8, 4) is 11.5 Å². The topological polar surface area (TPSA) is 71.1 Å². The molecule has 20 heavy (non-hydrogen) atoms. The summed E-state index contributed by atoms with van der Waals surface area (Å²) in [6.45, 7) is 3.68. The molecule has 0 radical (unpaired) electrons. The lowest BCUT2D eigenvalue weighted by Crippen LogP contribution is -2.36. The van der Waals surface area contributed by atoms with Crippen molar-refractivity contribution in [2.75, 3.05) is 0 Å². The van der Waals surface area contributed by atoms with Crippen LogP contribution in [0.1, 0.15) is 34.6 Å². The zero-order chi connectivity index (χ0) is 14.3. The van der Waals surface area contributed by atoms with Gasteiger partial charge in [-0.1, -0.05) is 13.8 Å². The molecule has 0 spiro atoms. The van der Waals surface area contributed by atoms with Crippen molar-refractivity contribution in [3.63, 3.8) is 0 Å². The van der Waals surface area contributed by atoms with Gasteiger partial charge in [-0.2, -0.15) is 0 Å². The first-order valence-corrected chi connectivity index (χ1v) is 6.55. The number of carbonyl (C=O) groups excluding carboxylic acids is 2. The second-order valence-corrected chi connectivity index (χ2v) is 4.57. The van der Waals surface area contributed by atoms with Gasteiger partial charge in [-0.15, -0.1) is 0 Å². The van der Waals surface area contributed by atoms with E-state index in [1.165, 1.54) is 12.1 Å². The van der Waals surface area contributed by atoms with Crippen molar-refractivity contribution >= 4 is 26.2 Å². The molecule has 0 saturated carbocycles. The van der Waals surface area contributed by atoms with Gasteiger partial charge in [0.2, 0.25) is 0 Å². The Balaban J connectivity index is 2.03. The molecular weight excluding hydrogens is 262 g/mol. The van der Waals surface area contributed by atoms with Gasteiger partial charge in [0.15, 0.2) is 0 Å².